The van der Waals surface area contributed by atoms with Crippen LogP contribution < -0.4 is 4.74 Å². The van der Waals surface area contributed by atoms with Crippen LogP contribution >= 0.6 is 0 Å². The van der Waals surface area contributed by atoms with E-state index in [1.54, 1.807) is 11.0 Å². The van der Waals surface area contributed by atoms with Gasteiger partial charge in [0.25, 0.3) is 0 Å². The highest BCUT2D eigenvalue weighted by molar-refractivity contribution is 5.84. The predicted octanol–water partition coefficient (Wildman–Crippen LogP) is 7.73. The summed E-state index contributed by atoms with van der Waals surface area (Å²) < 4.78 is 39.9. The molecule has 0 saturated carbocycles. The lowest BCUT2D eigenvalue weighted by molar-refractivity contribution is -0.142. The highest BCUT2D eigenvalue weighted by atomic mass is 19.3. The Morgan fingerprint density at radius 3 is 2.39 bits per heavy atom. The summed E-state index contributed by atoms with van der Waals surface area (Å²) in [6, 6.07) is 18.6. The number of likely N-dealkylation sites (tertiary alicyclic amines) is 2. The van der Waals surface area contributed by atoms with Crippen LogP contribution in [0, 0.1) is 13.8 Å². The standard InChI is InChI=1S/C39H38F2N6O4/c1-23-27(8-5-10-29(23)36-43-35-14-13-25(21-47(35)44-36)20-45-15-3-4-16-45)28-9-6-11-30(24(28)2)37-42-31-18-26(22-46-17-7-12-32(46)38(48)49)33(51-39(40)41)19-34(31)50-37/h5-6,8-11,13-14,18-19,21,32,39H,3-4,7,12,15-17,20,22H2,1-2H3,(H,48,49)/t32-/m0/s1. The molecule has 0 amide bonds. The van der Waals surface area contributed by atoms with Crippen molar-refractivity contribution >= 4 is 22.7 Å². The predicted molar refractivity (Wildman–Crippen MR) is 189 cm³/mol. The summed E-state index contributed by atoms with van der Waals surface area (Å²) in [6.45, 7) is 4.89. The van der Waals surface area contributed by atoms with Gasteiger partial charge in [-0.25, -0.2) is 14.5 Å². The molecule has 3 aromatic carbocycles. The van der Waals surface area contributed by atoms with Crippen molar-refractivity contribution in [3.63, 3.8) is 0 Å². The number of carboxylic acids is 1. The molecule has 3 aromatic heterocycles. The molecule has 5 heterocycles. The molecule has 2 aliphatic heterocycles. The SMILES string of the molecule is Cc1c(-c2nc3ccc(CN4CCCC4)cn3n2)cccc1-c1cccc(-c2nc3cc(CN4CCC[C@H]4C(=O)O)c(OC(F)F)cc3o2)c1C. The van der Waals surface area contributed by atoms with Crippen LogP contribution in [0.15, 0.2) is 71.3 Å². The summed E-state index contributed by atoms with van der Waals surface area (Å²) in [5, 5.41) is 14.5. The molecule has 1 atom stereocenters. The van der Waals surface area contributed by atoms with Crippen LogP contribution in [-0.4, -0.2) is 72.7 Å². The van der Waals surface area contributed by atoms with Gasteiger partial charge in [0, 0.05) is 42.0 Å². The number of aliphatic carboxylic acids is 1. The summed E-state index contributed by atoms with van der Waals surface area (Å²) in [5.74, 6) is 0.00932. The Morgan fingerprint density at radius 1 is 0.922 bits per heavy atom. The number of fused-ring (bicyclic) bond motifs is 2. The van der Waals surface area contributed by atoms with Crippen molar-refractivity contribution in [2.45, 2.75) is 65.3 Å². The fraction of sp³-hybridized carbons (Fsp3) is 0.333. The first-order valence-electron chi connectivity index (χ1n) is 17.3. The van der Waals surface area contributed by atoms with Crippen molar-refractivity contribution in [2.75, 3.05) is 19.6 Å². The van der Waals surface area contributed by atoms with Crippen LogP contribution in [0.1, 0.15) is 47.9 Å². The minimum atomic E-state index is -3.05. The number of ether oxygens (including phenoxy) is 1. The number of aromatic nitrogens is 4. The number of hydrogen-bond donors (Lipinski definition) is 1. The maximum Gasteiger partial charge on any atom is 0.387 e. The average Bonchev–Trinajstić information content (AvgIpc) is 3.92. The quantitative estimate of drug-likeness (QED) is 0.154. The van der Waals surface area contributed by atoms with Gasteiger partial charge in [0.1, 0.15) is 17.3 Å². The Labute approximate surface area is 293 Å². The second-order valence-electron chi connectivity index (χ2n) is 13.5. The largest absolute Gasteiger partial charge is 0.480 e. The van der Waals surface area contributed by atoms with E-state index in [1.807, 2.05) is 41.8 Å². The number of nitrogens with zero attached hydrogens (tertiary/aromatic N) is 6. The first-order chi connectivity index (χ1) is 24.7. The first-order valence-corrected chi connectivity index (χ1v) is 17.3. The molecular weight excluding hydrogens is 654 g/mol. The molecular formula is C39H38F2N6O4. The Balaban J connectivity index is 1.12. The number of pyridine rings is 1. The summed E-state index contributed by atoms with van der Waals surface area (Å²) >= 11 is 0. The lowest BCUT2D eigenvalue weighted by Crippen LogP contribution is -2.35. The molecule has 12 heteroatoms. The summed E-state index contributed by atoms with van der Waals surface area (Å²) in [7, 11) is 0. The number of rotatable bonds is 10. The zero-order chi connectivity index (χ0) is 35.2. The van der Waals surface area contributed by atoms with E-state index in [2.05, 4.69) is 36.2 Å². The summed E-state index contributed by atoms with van der Waals surface area (Å²) in [6.07, 6.45) is 5.79. The number of halogens is 2. The van der Waals surface area contributed by atoms with E-state index in [4.69, 9.17) is 24.2 Å². The van der Waals surface area contributed by atoms with E-state index in [0.29, 0.717) is 47.8 Å². The fourth-order valence-electron chi connectivity index (χ4n) is 7.62. The lowest BCUT2D eigenvalue weighted by Gasteiger charge is -2.22. The minimum absolute atomic E-state index is 0.0579. The van der Waals surface area contributed by atoms with Gasteiger partial charge in [-0.2, -0.15) is 8.78 Å². The zero-order valence-corrected chi connectivity index (χ0v) is 28.5. The number of carbonyl (C=O) groups is 1. The molecule has 2 aliphatic rings. The molecule has 6 aromatic rings. The highest BCUT2D eigenvalue weighted by Crippen LogP contribution is 2.38. The molecule has 0 radical (unpaired) electrons. The van der Waals surface area contributed by atoms with Crippen molar-refractivity contribution in [1.29, 1.82) is 0 Å². The van der Waals surface area contributed by atoms with Gasteiger partial charge in [-0.05, 0) is 105 Å². The number of hydrogen-bond acceptors (Lipinski definition) is 8. The Bertz CT molecular complexity index is 2260. The van der Waals surface area contributed by atoms with E-state index in [0.717, 1.165) is 58.7 Å². The van der Waals surface area contributed by atoms with Gasteiger partial charge in [-0.3, -0.25) is 14.6 Å². The molecule has 0 bridgehead atoms. The lowest BCUT2D eigenvalue weighted by atomic mass is 9.91. The van der Waals surface area contributed by atoms with Crippen molar-refractivity contribution in [1.82, 2.24) is 29.4 Å². The fourth-order valence-corrected chi connectivity index (χ4v) is 7.62. The molecule has 262 valence electrons. The first kappa shape index (κ1) is 33.0. The van der Waals surface area contributed by atoms with E-state index < -0.39 is 18.6 Å². The van der Waals surface area contributed by atoms with E-state index in [1.165, 1.54) is 24.5 Å². The van der Waals surface area contributed by atoms with Crippen molar-refractivity contribution in [2.24, 2.45) is 0 Å². The third-order valence-electron chi connectivity index (χ3n) is 10.2. The maximum absolute atomic E-state index is 13.5. The molecule has 1 N–H and O–H groups in total. The van der Waals surface area contributed by atoms with Crippen LogP contribution in [0.2, 0.25) is 0 Å². The van der Waals surface area contributed by atoms with Crippen LogP contribution in [0.3, 0.4) is 0 Å². The summed E-state index contributed by atoms with van der Waals surface area (Å²) in [4.78, 5) is 25.6. The monoisotopic (exact) mass is 692 g/mol. The Hall–Kier alpha value is -5.20. The molecule has 2 saturated heterocycles. The molecule has 10 nitrogen and oxygen atoms in total. The van der Waals surface area contributed by atoms with Gasteiger partial charge in [0.15, 0.2) is 17.1 Å². The molecule has 0 aliphatic carbocycles. The van der Waals surface area contributed by atoms with Gasteiger partial charge in [0.05, 0.1) is 0 Å². The number of oxazole rings is 1. The second-order valence-corrected chi connectivity index (χ2v) is 13.5. The number of alkyl halides is 2. The van der Waals surface area contributed by atoms with Crippen LogP contribution in [0.5, 0.6) is 5.75 Å². The second kappa shape index (κ2) is 13.5. The van der Waals surface area contributed by atoms with Crippen molar-refractivity contribution in [3.8, 4) is 39.7 Å². The van der Waals surface area contributed by atoms with Crippen molar-refractivity contribution < 1.29 is 27.8 Å². The third-order valence-corrected chi connectivity index (χ3v) is 10.2. The van der Waals surface area contributed by atoms with Gasteiger partial charge in [0.2, 0.25) is 5.89 Å². The Morgan fingerprint density at radius 2 is 1.65 bits per heavy atom. The maximum atomic E-state index is 13.5. The highest BCUT2D eigenvalue weighted by Gasteiger charge is 2.31. The van der Waals surface area contributed by atoms with Gasteiger partial charge < -0.3 is 14.3 Å². The molecule has 0 unspecified atom stereocenters. The summed E-state index contributed by atoms with van der Waals surface area (Å²) in [5.41, 5.74) is 8.87. The molecule has 0 spiro atoms. The minimum Gasteiger partial charge on any atom is -0.480 e. The molecule has 8 rings (SSSR count). The van der Waals surface area contributed by atoms with Crippen LogP contribution in [0.25, 0.3) is 50.7 Å². The normalized spacial score (nSPS) is 17.0. The van der Waals surface area contributed by atoms with E-state index in [-0.39, 0.29) is 12.3 Å². The smallest absolute Gasteiger partial charge is 0.387 e. The molecule has 51 heavy (non-hydrogen) atoms. The van der Waals surface area contributed by atoms with Gasteiger partial charge >= 0.3 is 12.6 Å². The van der Waals surface area contributed by atoms with Crippen LogP contribution in [-0.2, 0) is 17.9 Å². The van der Waals surface area contributed by atoms with E-state index >= 15 is 0 Å². The van der Waals surface area contributed by atoms with Gasteiger partial charge in [-0.15, -0.1) is 5.10 Å². The van der Waals surface area contributed by atoms with Gasteiger partial charge in [-0.1, -0.05) is 36.4 Å². The number of benzene rings is 3. The zero-order valence-electron chi connectivity index (χ0n) is 28.5. The van der Waals surface area contributed by atoms with Crippen LogP contribution in [0.4, 0.5) is 8.78 Å². The average molecular weight is 693 g/mol. The Kier molecular flexibility index (Phi) is 8.73. The molecule has 2 fully saturated rings. The number of carboxylic acid groups (broad SMARTS) is 1. The van der Waals surface area contributed by atoms with E-state index in [9.17, 15) is 18.7 Å². The third kappa shape index (κ3) is 6.45. The topological polar surface area (TPSA) is 109 Å². The van der Waals surface area contributed by atoms with Crippen molar-refractivity contribution in [3.05, 3.63) is 89.1 Å².